The van der Waals surface area contributed by atoms with Crippen LogP contribution in [0.5, 0.6) is 0 Å². The lowest BCUT2D eigenvalue weighted by Crippen LogP contribution is -2.58. The van der Waals surface area contributed by atoms with Crippen LogP contribution in [-0.4, -0.2) is 46.1 Å². The number of aliphatic carboxylic acids is 1. The molecule has 0 bridgehead atoms. The number of carboxylic acid groups (broad SMARTS) is 1. The second kappa shape index (κ2) is 4.57. The first-order valence-electron chi connectivity index (χ1n) is 6.12. The number of hydrogen-bond acceptors (Lipinski definition) is 3. The Labute approximate surface area is 102 Å². The molecule has 1 aliphatic heterocycles. The molecule has 0 aromatic heterocycles. The van der Waals surface area contributed by atoms with Gasteiger partial charge in [0.05, 0.1) is 0 Å². The fourth-order valence-corrected chi connectivity index (χ4v) is 3.88. The van der Waals surface area contributed by atoms with Gasteiger partial charge in [-0.25, -0.2) is 0 Å². The van der Waals surface area contributed by atoms with Crippen molar-refractivity contribution in [2.24, 2.45) is 5.92 Å². The average molecular weight is 243 g/mol. The van der Waals surface area contributed by atoms with Crippen LogP contribution in [-0.2, 0) is 4.79 Å². The van der Waals surface area contributed by atoms with Gasteiger partial charge in [0.25, 0.3) is 0 Å². The van der Waals surface area contributed by atoms with E-state index in [2.05, 4.69) is 11.8 Å². The second-order valence-corrected chi connectivity index (χ2v) is 6.36. The highest BCUT2D eigenvalue weighted by molar-refractivity contribution is 7.99. The quantitative estimate of drug-likeness (QED) is 0.820. The van der Waals surface area contributed by atoms with Crippen molar-refractivity contribution in [1.82, 2.24) is 4.90 Å². The van der Waals surface area contributed by atoms with Gasteiger partial charge in [-0.2, -0.15) is 11.8 Å². The maximum atomic E-state index is 11.6. The Morgan fingerprint density at radius 1 is 1.44 bits per heavy atom. The summed E-state index contributed by atoms with van der Waals surface area (Å²) in [5.41, 5.74) is -0.590. The van der Waals surface area contributed by atoms with Crippen LogP contribution in [0.15, 0.2) is 0 Å². The molecule has 2 fully saturated rings. The molecule has 0 spiro atoms. The van der Waals surface area contributed by atoms with Crippen molar-refractivity contribution < 1.29 is 9.90 Å². The lowest BCUT2D eigenvalue weighted by atomic mass is 9.88. The van der Waals surface area contributed by atoms with Crippen LogP contribution in [0.1, 0.15) is 32.6 Å². The van der Waals surface area contributed by atoms with Gasteiger partial charge in [0.15, 0.2) is 0 Å². The van der Waals surface area contributed by atoms with Crippen molar-refractivity contribution in [2.45, 2.75) is 44.2 Å². The van der Waals surface area contributed by atoms with Gasteiger partial charge < -0.3 is 5.11 Å². The third-order valence-corrected chi connectivity index (χ3v) is 5.29. The van der Waals surface area contributed by atoms with Crippen molar-refractivity contribution in [3.63, 3.8) is 0 Å². The van der Waals surface area contributed by atoms with Crippen LogP contribution < -0.4 is 0 Å². The molecule has 1 saturated carbocycles. The number of hydrogen-bond donors (Lipinski definition) is 1. The summed E-state index contributed by atoms with van der Waals surface area (Å²) in [7, 11) is 2.01. The fraction of sp³-hybridized carbons (Fsp3) is 0.917. The van der Waals surface area contributed by atoms with E-state index < -0.39 is 11.5 Å². The van der Waals surface area contributed by atoms with Gasteiger partial charge in [0, 0.05) is 6.04 Å². The molecule has 3 nitrogen and oxygen atoms in total. The lowest BCUT2D eigenvalue weighted by molar-refractivity contribution is -0.153. The van der Waals surface area contributed by atoms with Crippen molar-refractivity contribution in [1.29, 1.82) is 0 Å². The van der Waals surface area contributed by atoms with Crippen molar-refractivity contribution >= 4 is 17.7 Å². The maximum absolute atomic E-state index is 11.6. The molecule has 4 heteroatoms. The van der Waals surface area contributed by atoms with Crippen molar-refractivity contribution in [3.05, 3.63) is 0 Å². The summed E-state index contributed by atoms with van der Waals surface area (Å²) in [4.78, 5) is 13.8. The molecule has 0 radical (unpaired) electrons. The Hall–Kier alpha value is -0.220. The normalized spacial score (nSPS) is 26.7. The van der Waals surface area contributed by atoms with E-state index in [0.717, 1.165) is 30.3 Å². The Kier molecular flexibility index (Phi) is 3.50. The van der Waals surface area contributed by atoms with E-state index in [1.54, 1.807) is 0 Å². The van der Waals surface area contributed by atoms with E-state index in [-0.39, 0.29) is 0 Å². The maximum Gasteiger partial charge on any atom is 0.324 e. The number of carbonyl (C=O) groups is 1. The van der Waals surface area contributed by atoms with Gasteiger partial charge in [0.2, 0.25) is 0 Å². The van der Waals surface area contributed by atoms with Crippen LogP contribution in [0, 0.1) is 5.92 Å². The van der Waals surface area contributed by atoms with Gasteiger partial charge in [0.1, 0.15) is 5.54 Å². The molecule has 1 N–H and O–H groups in total. The van der Waals surface area contributed by atoms with Crippen LogP contribution in [0.4, 0.5) is 0 Å². The molecule has 0 aromatic rings. The molecular weight excluding hydrogens is 222 g/mol. The number of rotatable bonds is 4. The minimum atomic E-state index is -0.622. The Balaban J connectivity index is 2.13. The first-order valence-corrected chi connectivity index (χ1v) is 7.27. The monoisotopic (exact) mass is 243 g/mol. The number of thioether (sulfide) groups is 1. The molecule has 1 heterocycles. The van der Waals surface area contributed by atoms with Gasteiger partial charge >= 0.3 is 5.97 Å². The smallest absolute Gasteiger partial charge is 0.324 e. The largest absolute Gasteiger partial charge is 0.480 e. The SMILES string of the molecule is CC(C1CC1)N(C)C1(C(=O)O)CCSCC1. The molecule has 0 aromatic carbocycles. The summed E-state index contributed by atoms with van der Waals surface area (Å²) in [6, 6.07) is 0.416. The summed E-state index contributed by atoms with van der Waals surface area (Å²) in [6.07, 6.45) is 4.13. The van der Waals surface area contributed by atoms with E-state index in [0.29, 0.717) is 6.04 Å². The number of nitrogens with zero attached hydrogens (tertiary/aromatic N) is 1. The molecular formula is C12H21NO2S. The molecule has 1 saturated heterocycles. The van der Waals surface area contributed by atoms with Gasteiger partial charge in [-0.05, 0) is 57.1 Å². The first-order chi connectivity index (χ1) is 7.58. The van der Waals surface area contributed by atoms with E-state index in [9.17, 15) is 9.90 Å². The number of carboxylic acids is 1. The van der Waals surface area contributed by atoms with Crippen LogP contribution in [0.2, 0.25) is 0 Å². The van der Waals surface area contributed by atoms with Crippen LogP contribution in [0.3, 0.4) is 0 Å². The molecule has 2 rings (SSSR count). The zero-order valence-electron chi connectivity index (χ0n) is 10.1. The molecule has 1 aliphatic carbocycles. The summed E-state index contributed by atoms with van der Waals surface area (Å²) >= 11 is 1.88. The predicted molar refractivity (Wildman–Crippen MR) is 66.9 cm³/mol. The average Bonchev–Trinajstić information content (AvgIpc) is 3.11. The highest BCUT2D eigenvalue weighted by Crippen LogP contribution is 2.40. The highest BCUT2D eigenvalue weighted by Gasteiger charge is 2.47. The predicted octanol–water partition coefficient (Wildman–Crippen LogP) is 2.07. The summed E-state index contributed by atoms with van der Waals surface area (Å²) in [5, 5.41) is 9.56. The van der Waals surface area contributed by atoms with Gasteiger partial charge in [-0.3, -0.25) is 9.69 Å². The Morgan fingerprint density at radius 2 is 2.00 bits per heavy atom. The van der Waals surface area contributed by atoms with Crippen molar-refractivity contribution in [2.75, 3.05) is 18.6 Å². The molecule has 92 valence electrons. The summed E-state index contributed by atoms with van der Waals surface area (Å²) in [6.45, 7) is 2.18. The minimum absolute atomic E-state index is 0.416. The fourth-order valence-electron chi connectivity index (χ4n) is 2.71. The summed E-state index contributed by atoms with van der Waals surface area (Å²) in [5.74, 6) is 2.07. The molecule has 16 heavy (non-hydrogen) atoms. The van der Waals surface area contributed by atoms with Gasteiger partial charge in [-0.15, -0.1) is 0 Å². The van der Waals surface area contributed by atoms with E-state index in [1.165, 1.54) is 12.8 Å². The zero-order chi connectivity index (χ0) is 11.8. The molecule has 1 unspecified atom stereocenters. The lowest BCUT2D eigenvalue weighted by Gasteiger charge is -2.44. The van der Waals surface area contributed by atoms with Crippen LogP contribution >= 0.6 is 11.8 Å². The van der Waals surface area contributed by atoms with Gasteiger partial charge in [-0.1, -0.05) is 0 Å². The first kappa shape index (κ1) is 12.2. The van der Waals surface area contributed by atoms with E-state index in [1.807, 2.05) is 18.8 Å². The standard InChI is InChI=1S/C12H21NO2S/c1-9(10-3-4-10)13(2)12(11(14)15)5-7-16-8-6-12/h9-10H,3-8H2,1-2H3,(H,14,15). The van der Waals surface area contributed by atoms with E-state index in [4.69, 9.17) is 0 Å². The zero-order valence-corrected chi connectivity index (χ0v) is 10.9. The Morgan fingerprint density at radius 3 is 2.44 bits per heavy atom. The van der Waals surface area contributed by atoms with E-state index >= 15 is 0 Å². The van der Waals surface area contributed by atoms with Crippen molar-refractivity contribution in [3.8, 4) is 0 Å². The molecule has 2 aliphatic rings. The highest BCUT2D eigenvalue weighted by atomic mass is 32.2. The topological polar surface area (TPSA) is 40.5 Å². The third-order valence-electron chi connectivity index (χ3n) is 4.31. The Bertz CT molecular complexity index is 272. The van der Waals surface area contributed by atoms with Crippen LogP contribution in [0.25, 0.3) is 0 Å². The molecule has 1 atom stereocenters. The third kappa shape index (κ3) is 2.09. The minimum Gasteiger partial charge on any atom is -0.480 e. The molecule has 0 amide bonds. The number of likely N-dealkylation sites (N-methyl/N-ethyl adjacent to an activating group) is 1. The summed E-state index contributed by atoms with van der Waals surface area (Å²) < 4.78 is 0. The second-order valence-electron chi connectivity index (χ2n) is 5.14.